The molecule has 3 unspecified atom stereocenters. The molecule has 0 radical (unpaired) electrons. The molecule has 1 aliphatic heterocycles. The number of primary amides is 1. The van der Waals surface area contributed by atoms with Crippen LogP contribution in [-0.4, -0.2) is 48.7 Å². The van der Waals surface area contributed by atoms with Crippen LogP contribution in [0.3, 0.4) is 0 Å². The van der Waals surface area contributed by atoms with E-state index in [9.17, 15) is 27.9 Å². The number of rotatable bonds is 11. The lowest BCUT2D eigenvalue weighted by Crippen LogP contribution is -2.63. The van der Waals surface area contributed by atoms with Crippen LogP contribution in [0.5, 0.6) is 5.75 Å². The molecular formula is C29H28N2O8S2. The van der Waals surface area contributed by atoms with Crippen LogP contribution in [0.15, 0.2) is 101 Å². The van der Waals surface area contributed by atoms with Gasteiger partial charge in [0.15, 0.2) is 5.70 Å². The van der Waals surface area contributed by atoms with E-state index in [4.69, 9.17) is 15.2 Å². The summed E-state index contributed by atoms with van der Waals surface area (Å²) < 4.78 is 37.3. The standard InChI is InChI=1S/C29H28N2O8S2/c1-18(32)25(29(35)39-17-19-13-15-21(38-2)16-14-19)31-27(34)24(23(26(30)33)20-9-5-3-6-10-20)28(31)40-41(36,37)22-11-7-4-8-12-22/h3-16,23-24,28,32H,17H2,1-2H3,(H2,30,33). The molecule has 0 bridgehead atoms. The van der Waals surface area contributed by atoms with Gasteiger partial charge < -0.3 is 20.3 Å². The molecular weight excluding hydrogens is 568 g/mol. The van der Waals surface area contributed by atoms with E-state index in [1.807, 2.05) is 0 Å². The smallest absolute Gasteiger partial charge is 0.358 e. The van der Waals surface area contributed by atoms with E-state index in [1.54, 1.807) is 72.8 Å². The average molecular weight is 597 g/mol. The average Bonchev–Trinajstić information content (AvgIpc) is 2.97. The fraction of sp³-hybridized carbons (Fsp3) is 0.207. The van der Waals surface area contributed by atoms with E-state index in [0.29, 0.717) is 27.7 Å². The monoisotopic (exact) mass is 596 g/mol. The molecule has 214 valence electrons. The zero-order valence-electron chi connectivity index (χ0n) is 22.2. The highest BCUT2D eigenvalue weighted by Gasteiger charge is 2.58. The van der Waals surface area contributed by atoms with Crippen molar-refractivity contribution in [3.63, 3.8) is 0 Å². The third-order valence-electron chi connectivity index (χ3n) is 6.47. The van der Waals surface area contributed by atoms with Gasteiger partial charge in [-0.15, -0.1) is 0 Å². The predicted molar refractivity (Wildman–Crippen MR) is 152 cm³/mol. The highest BCUT2D eigenvalue weighted by Crippen LogP contribution is 2.49. The van der Waals surface area contributed by atoms with Gasteiger partial charge in [0.25, 0.3) is 0 Å². The van der Waals surface area contributed by atoms with Crippen LogP contribution in [0, 0.1) is 5.92 Å². The van der Waals surface area contributed by atoms with Gasteiger partial charge in [0.05, 0.1) is 23.8 Å². The maximum atomic E-state index is 13.7. The van der Waals surface area contributed by atoms with E-state index in [-0.39, 0.29) is 11.5 Å². The second-order valence-electron chi connectivity index (χ2n) is 9.14. The molecule has 41 heavy (non-hydrogen) atoms. The summed E-state index contributed by atoms with van der Waals surface area (Å²) in [6, 6.07) is 22.5. The molecule has 1 aliphatic rings. The number of aliphatic hydroxyl groups is 1. The first-order valence-electron chi connectivity index (χ1n) is 12.4. The van der Waals surface area contributed by atoms with Crippen molar-refractivity contribution in [2.75, 3.05) is 7.11 Å². The lowest BCUT2D eigenvalue weighted by molar-refractivity contribution is -0.157. The van der Waals surface area contributed by atoms with Crippen LogP contribution in [0.2, 0.25) is 0 Å². The quantitative estimate of drug-likeness (QED) is 0.111. The molecule has 0 aromatic heterocycles. The van der Waals surface area contributed by atoms with Crippen molar-refractivity contribution >= 4 is 37.4 Å². The van der Waals surface area contributed by atoms with E-state index in [0.717, 1.165) is 4.90 Å². The van der Waals surface area contributed by atoms with Crippen molar-refractivity contribution in [2.45, 2.75) is 29.7 Å². The number of nitrogens with zero attached hydrogens (tertiary/aromatic N) is 1. The number of hydrogen-bond acceptors (Lipinski definition) is 9. The molecule has 3 N–H and O–H groups in total. The number of allylic oxidation sites excluding steroid dienone is 1. The van der Waals surface area contributed by atoms with Gasteiger partial charge >= 0.3 is 5.97 Å². The lowest BCUT2D eigenvalue weighted by atomic mass is 9.79. The lowest BCUT2D eigenvalue weighted by Gasteiger charge is -2.48. The topological polar surface area (TPSA) is 153 Å². The minimum Gasteiger partial charge on any atom is -0.510 e. The first-order chi connectivity index (χ1) is 19.5. The summed E-state index contributed by atoms with van der Waals surface area (Å²) in [5.74, 6) is -5.05. The molecule has 3 aromatic rings. The van der Waals surface area contributed by atoms with Gasteiger partial charge in [0.1, 0.15) is 23.5 Å². The molecule has 10 nitrogen and oxygen atoms in total. The number of nitrogens with two attached hydrogens (primary N) is 1. The number of carbonyl (C=O) groups is 3. The Morgan fingerprint density at radius 2 is 1.59 bits per heavy atom. The van der Waals surface area contributed by atoms with Crippen molar-refractivity contribution in [1.29, 1.82) is 0 Å². The van der Waals surface area contributed by atoms with Crippen LogP contribution < -0.4 is 10.5 Å². The van der Waals surface area contributed by atoms with Gasteiger partial charge in [0.2, 0.25) is 20.7 Å². The number of esters is 1. The van der Waals surface area contributed by atoms with Gasteiger partial charge in [0, 0.05) is 0 Å². The molecule has 4 rings (SSSR count). The highest BCUT2D eigenvalue weighted by atomic mass is 33.1. The summed E-state index contributed by atoms with van der Waals surface area (Å²) in [6.45, 7) is 0.986. The minimum atomic E-state index is -4.10. The second kappa shape index (κ2) is 12.5. The molecule has 0 spiro atoms. The number of benzene rings is 3. The van der Waals surface area contributed by atoms with Crippen LogP contribution in [0.1, 0.15) is 24.0 Å². The second-order valence-corrected chi connectivity index (χ2v) is 13.1. The molecule has 3 atom stereocenters. The number of amides is 2. The number of hydrogen-bond donors (Lipinski definition) is 2. The summed E-state index contributed by atoms with van der Waals surface area (Å²) in [7, 11) is -2.19. The van der Waals surface area contributed by atoms with Crippen LogP contribution in [0.4, 0.5) is 0 Å². The molecule has 12 heteroatoms. The highest BCUT2D eigenvalue weighted by molar-refractivity contribution is 8.72. The summed E-state index contributed by atoms with van der Waals surface area (Å²) in [6.07, 6.45) is 0. The number of ether oxygens (including phenoxy) is 2. The SMILES string of the molecule is COc1ccc(COC(=O)C(=C(C)O)N2C(=O)C(C(C(N)=O)c3ccccc3)C2SS(=O)(=O)c2ccccc2)cc1. The Morgan fingerprint density at radius 3 is 2.12 bits per heavy atom. The third-order valence-corrected chi connectivity index (χ3v) is 10.2. The summed E-state index contributed by atoms with van der Waals surface area (Å²) in [5, 5.41) is 9.21. The zero-order chi connectivity index (χ0) is 29.7. The van der Waals surface area contributed by atoms with Crippen molar-refractivity contribution in [2.24, 2.45) is 11.7 Å². The molecule has 2 amide bonds. The fourth-order valence-electron chi connectivity index (χ4n) is 4.47. The first-order valence-corrected chi connectivity index (χ1v) is 15.3. The van der Waals surface area contributed by atoms with Gasteiger partial charge in [-0.3, -0.25) is 14.5 Å². The maximum Gasteiger partial charge on any atom is 0.358 e. The molecule has 1 saturated heterocycles. The van der Waals surface area contributed by atoms with E-state index >= 15 is 0 Å². The number of aliphatic hydroxyl groups excluding tert-OH is 1. The number of β-lactam (4-membered cyclic amide) rings is 1. The van der Waals surface area contributed by atoms with Crippen molar-refractivity contribution in [3.8, 4) is 5.75 Å². The summed E-state index contributed by atoms with van der Waals surface area (Å²) >= 11 is 0. The van der Waals surface area contributed by atoms with Gasteiger partial charge in [-0.05, 0) is 53.1 Å². The predicted octanol–water partition coefficient (Wildman–Crippen LogP) is 3.70. The fourth-order valence-corrected chi connectivity index (χ4v) is 8.09. The molecule has 1 fully saturated rings. The first kappa shape index (κ1) is 29.7. The van der Waals surface area contributed by atoms with Gasteiger partial charge in [-0.2, -0.15) is 0 Å². The van der Waals surface area contributed by atoms with E-state index < -0.39 is 55.3 Å². The van der Waals surface area contributed by atoms with Crippen LogP contribution in [-0.2, 0) is 34.6 Å². The van der Waals surface area contributed by atoms with Gasteiger partial charge in [-0.1, -0.05) is 60.7 Å². The molecule has 0 saturated carbocycles. The summed E-state index contributed by atoms with van der Waals surface area (Å²) in [5.41, 5.74) is 6.21. The molecule has 1 heterocycles. The Bertz CT molecular complexity index is 1560. The summed E-state index contributed by atoms with van der Waals surface area (Å²) in [4.78, 5) is 40.3. The van der Waals surface area contributed by atoms with Crippen LogP contribution >= 0.6 is 10.8 Å². The molecule has 3 aromatic carbocycles. The zero-order valence-corrected chi connectivity index (χ0v) is 23.8. The third kappa shape index (κ3) is 6.39. The van der Waals surface area contributed by atoms with Crippen molar-refractivity contribution in [3.05, 3.63) is 108 Å². The Balaban J connectivity index is 1.69. The van der Waals surface area contributed by atoms with Crippen molar-refractivity contribution in [1.82, 2.24) is 4.90 Å². The van der Waals surface area contributed by atoms with E-state index in [1.165, 1.54) is 26.2 Å². The Labute approximate surface area is 241 Å². The Kier molecular flexibility index (Phi) is 9.04. The van der Waals surface area contributed by atoms with Gasteiger partial charge in [-0.25, -0.2) is 13.2 Å². The minimum absolute atomic E-state index is 0.0354. The maximum absolute atomic E-state index is 13.7. The van der Waals surface area contributed by atoms with Crippen LogP contribution in [0.25, 0.3) is 0 Å². The Hall–Kier alpha value is -4.29. The van der Waals surface area contributed by atoms with E-state index in [2.05, 4.69) is 0 Å². The molecule has 0 aliphatic carbocycles. The Morgan fingerprint density at radius 1 is 1.00 bits per heavy atom. The van der Waals surface area contributed by atoms with Crippen molar-refractivity contribution < 1.29 is 37.4 Å². The number of likely N-dealkylation sites (tertiary alicyclic amines) is 1. The normalized spacial score (nSPS) is 18.1. The largest absolute Gasteiger partial charge is 0.510 e. The number of methoxy groups -OCH3 is 1. The number of carbonyl (C=O) groups excluding carboxylic acids is 3.